The molecule has 2 aromatic rings. The summed E-state index contributed by atoms with van der Waals surface area (Å²) in [5, 5.41) is 0. The molecule has 98 valence electrons. The van der Waals surface area contributed by atoms with E-state index in [1.54, 1.807) is 0 Å². The summed E-state index contributed by atoms with van der Waals surface area (Å²) in [5.41, 5.74) is 3.73. The maximum absolute atomic E-state index is 4.84. The van der Waals surface area contributed by atoms with Gasteiger partial charge in [0.2, 0.25) is 5.95 Å². The van der Waals surface area contributed by atoms with Crippen LogP contribution < -0.4 is 4.90 Å². The van der Waals surface area contributed by atoms with Crippen LogP contribution in [0.2, 0.25) is 0 Å². The zero-order valence-corrected chi connectivity index (χ0v) is 11.8. The Hall–Kier alpha value is -1.49. The molecule has 1 fully saturated rings. The van der Waals surface area contributed by atoms with Gasteiger partial charge in [-0.05, 0) is 50.2 Å². The smallest absolute Gasteiger partial charge is 0.226 e. The molecular weight excluding hydrogens is 256 g/mol. The van der Waals surface area contributed by atoms with E-state index in [4.69, 9.17) is 9.97 Å². The fourth-order valence-electron chi connectivity index (χ4n) is 2.90. The molecule has 5 heteroatoms. The molecular formula is C14H16N4S. The van der Waals surface area contributed by atoms with Gasteiger partial charge in [0.1, 0.15) is 0 Å². The van der Waals surface area contributed by atoms with Crippen LogP contribution in [0.1, 0.15) is 31.0 Å². The van der Waals surface area contributed by atoms with Crippen LogP contribution in [-0.4, -0.2) is 26.9 Å². The Morgan fingerprint density at radius 3 is 2.95 bits per heavy atom. The van der Waals surface area contributed by atoms with Crippen molar-refractivity contribution in [2.75, 3.05) is 11.4 Å². The molecule has 2 aliphatic rings. The van der Waals surface area contributed by atoms with Crippen LogP contribution in [0.4, 0.5) is 5.95 Å². The van der Waals surface area contributed by atoms with E-state index in [0.29, 0.717) is 6.04 Å². The second-order valence-corrected chi connectivity index (χ2v) is 6.19. The fourth-order valence-corrected chi connectivity index (χ4v) is 3.52. The van der Waals surface area contributed by atoms with E-state index in [2.05, 4.69) is 22.3 Å². The van der Waals surface area contributed by atoms with E-state index >= 15 is 0 Å². The topological polar surface area (TPSA) is 41.9 Å². The third-order valence-corrected chi connectivity index (χ3v) is 4.92. The van der Waals surface area contributed by atoms with Gasteiger partial charge in [0, 0.05) is 30.0 Å². The lowest BCUT2D eigenvalue weighted by molar-refractivity contribution is 0.470. The first kappa shape index (κ1) is 11.3. The van der Waals surface area contributed by atoms with Crippen LogP contribution in [0.15, 0.2) is 12.3 Å². The van der Waals surface area contributed by atoms with Gasteiger partial charge in [-0.3, -0.25) is 0 Å². The van der Waals surface area contributed by atoms with E-state index in [-0.39, 0.29) is 0 Å². The minimum Gasteiger partial charge on any atom is -0.338 e. The summed E-state index contributed by atoms with van der Waals surface area (Å²) in [6.45, 7) is 3.33. The Kier molecular flexibility index (Phi) is 2.55. The van der Waals surface area contributed by atoms with Crippen molar-refractivity contribution in [3.8, 4) is 10.6 Å². The molecule has 1 aliphatic carbocycles. The zero-order valence-electron chi connectivity index (χ0n) is 11.0. The quantitative estimate of drug-likeness (QED) is 0.843. The van der Waals surface area contributed by atoms with Crippen LogP contribution in [-0.2, 0) is 12.8 Å². The molecule has 2 aromatic heterocycles. The van der Waals surface area contributed by atoms with Gasteiger partial charge in [0.15, 0.2) is 0 Å². The van der Waals surface area contributed by atoms with E-state index < -0.39 is 0 Å². The second kappa shape index (κ2) is 4.27. The van der Waals surface area contributed by atoms with Crippen LogP contribution >= 0.6 is 11.5 Å². The average molecular weight is 272 g/mol. The molecule has 0 radical (unpaired) electrons. The van der Waals surface area contributed by atoms with E-state index in [1.165, 1.54) is 40.5 Å². The summed E-state index contributed by atoms with van der Waals surface area (Å²) < 4.78 is 4.22. The number of hydrogen-bond donors (Lipinski definition) is 0. The SMILES string of the molecule is C[C@H]1CCN1c1nc2c(c(-c3ccns3)n1)CCC2. The summed E-state index contributed by atoms with van der Waals surface area (Å²) >= 11 is 1.53. The lowest BCUT2D eigenvalue weighted by Gasteiger charge is -2.39. The van der Waals surface area contributed by atoms with E-state index in [0.717, 1.165) is 31.0 Å². The molecule has 0 N–H and O–H groups in total. The monoisotopic (exact) mass is 272 g/mol. The predicted octanol–water partition coefficient (Wildman–Crippen LogP) is 2.69. The molecule has 0 spiro atoms. The maximum atomic E-state index is 4.84. The molecule has 0 saturated carbocycles. The Morgan fingerprint density at radius 2 is 2.26 bits per heavy atom. The Labute approximate surface area is 116 Å². The third-order valence-electron chi connectivity index (χ3n) is 4.17. The summed E-state index contributed by atoms with van der Waals surface area (Å²) in [6, 6.07) is 2.64. The fraction of sp³-hybridized carbons (Fsp3) is 0.500. The van der Waals surface area contributed by atoms with Gasteiger partial charge in [0.05, 0.1) is 10.6 Å². The Balaban J connectivity index is 1.85. The first-order valence-corrected chi connectivity index (χ1v) is 7.68. The first-order valence-electron chi connectivity index (χ1n) is 6.90. The van der Waals surface area contributed by atoms with Crippen molar-refractivity contribution in [1.29, 1.82) is 0 Å². The Bertz CT molecular complexity index is 608. The molecule has 0 amide bonds. The van der Waals surface area contributed by atoms with Gasteiger partial charge < -0.3 is 4.90 Å². The third kappa shape index (κ3) is 1.75. The summed E-state index contributed by atoms with van der Waals surface area (Å²) in [5.74, 6) is 0.919. The molecule has 4 rings (SSSR count). The van der Waals surface area contributed by atoms with Crippen LogP contribution in [0, 0.1) is 0 Å². The molecule has 1 saturated heterocycles. The molecule has 0 unspecified atom stereocenters. The molecule has 1 aliphatic heterocycles. The van der Waals surface area contributed by atoms with Gasteiger partial charge >= 0.3 is 0 Å². The molecule has 4 nitrogen and oxygen atoms in total. The number of aromatic nitrogens is 3. The van der Waals surface area contributed by atoms with Gasteiger partial charge in [-0.1, -0.05) is 0 Å². The van der Waals surface area contributed by atoms with Crippen molar-refractivity contribution >= 4 is 17.5 Å². The van der Waals surface area contributed by atoms with Gasteiger partial charge in [0.25, 0.3) is 0 Å². The molecule has 0 bridgehead atoms. The van der Waals surface area contributed by atoms with Gasteiger partial charge in [-0.25, -0.2) is 14.3 Å². The lowest BCUT2D eigenvalue weighted by atomic mass is 10.1. The summed E-state index contributed by atoms with van der Waals surface area (Å²) in [6.07, 6.45) is 6.51. The number of aryl methyl sites for hydroxylation is 1. The highest BCUT2D eigenvalue weighted by Gasteiger charge is 2.29. The number of anilines is 1. The molecule has 3 heterocycles. The zero-order chi connectivity index (χ0) is 12.8. The van der Waals surface area contributed by atoms with Crippen molar-refractivity contribution in [1.82, 2.24) is 14.3 Å². The van der Waals surface area contributed by atoms with Gasteiger partial charge in [-0.2, -0.15) is 0 Å². The number of rotatable bonds is 2. The first-order chi connectivity index (χ1) is 9.33. The summed E-state index contributed by atoms with van der Waals surface area (Å²) in [4.78, 5) is 13.1. The van der Waals surface area contributed by atoms with Crippen molar-refractivity contribution in [2.24, 2.45) is 0 Å². The van der Waals surface area contributed by atoms with Crippen LogP contribution in [0.3, 0.4) is 0 Å². The average Bonchev–Trinajstić information content (AvgIpc) is 3.06. The van der Waals surface area contributed by atoms with Crippen molar-refractivity contribution in [2.45, 2.75) is 38.6 Å². The minimum absolute atomic E-state index is 0.578. The summed E-state index contributed by atoms with van der Waals surface area (Å²) in [7, 11) is 0. The Morgan fingerprint density at radius 1 is 1.32 bits per heavy atom. The highest BCUT2D eigenvalue weighted by Crippen LogP contribution is 2.34. The second-order valence-electron chi connectivity index (χ2n) is 5.36. The minimum atomic E-state index is 0.578. The maximum Gasteiger partial charge on any atom is 0.226 e. The van der Waals surface area contributed by atoms with Crippen molar-refractivity contribution < 1.29 is 0 Å². The predicted molar refractivity (Wildman–Crippen MR) is 76.6 cm³/mol. The number of hydrogen-bond acceptors (Lipinski definition) is 5. The number of fused-ring (bicyclic) bond motifs is 1. The number of nitrogens with zero attached hydrogens (tertiary/aromatic N) is 4. The van der Waals surface area contributed by atoms with Crippen molar-refractivity contribution in [3.05, 3.63) is 23.5 Å². The molecule has 1 atom stereocenters. The van der Waals surface area contributed by atoms with Crippen LogP contribution in [0.25, 0.3) is 10.6 Å². The molecule has 0 aromatic carbocycles. The molecule has 19 heavy (non-hydrogen) atoms. The van der Waals surface area contributed by atoms with Crippen LogP contribution in [0.5, 0.6) is 0 Å². The lowest BCUT2D eigenvalue weighted by Crippen LogP contribution is -2.46. The standard InChI is InChI=1S/C14H16N4S/c1-9-6-8-18(9)14-16-11-4-2-3-10(11)13(17-14)12-5-7-15-19-12/h5,7,9H,2-4,6,8H2,1H3/t9-/m0/s1. The highest BCUT2D eigenvalue weighted by atomic mass is 32.1. The van der Waals surface area contributed by atoms with E-state index in [1.807, 2.05) is 6.20 Å². The normalized spacial score (nSPS) is 21.3. The van der Waals surface area contributed by atoms with Gasteiger partial charge in [-0.15, -0.1) is 0 Å². The van der Waals surface area contributed by atoms with Crippen molar-refractivity contribution in [3.63, 3.8) is 0 Å². The largest absolute Gasteiger partial charge is 0.338 e. The highest BCUT2D eigenvalue weighted by molar-refractivity contribution is 7.09. The van der Waals surface area contributed by atoms with E-state index in [9.17, 15) is 0 Å².